The molecule has 2 aliphatic rings. The fraction of sp³-hybridized carbons (Fsp3) is 0.348. The highest BCUT2D eigenvalue weighted by molar-refractivity contribution is 7.89. The van der Waals surface area contributed by atoms with E-state index in [4.69, 9.17) is 9.47 Å². The number of nitrogens with one attached hydrogen (secondary N) is 1. The van der Waals surface area contributed by atoms with E-state index in [0.29, 0.717) is 43.5 Å². The maximum atomic E-state index is 12.8. The summed E-state index contributed by atoms with van der Waals surface area (Å²) in [5.41, 5.74) is 1.35. The van der Waals surface area contributed by atoms with Gasteiger partial charge in [-0.25, -0.2) is 8.42 Å². The van der Waals surface area contributed by atoms with Crippen LogP contribution in [0.25, 0.3) is 6.08 Å². The van der Waals surface area contributed by atoms with Gasteiger partial charge in [-0.2, -0.15) is 4.31 Å². The molecule has 1 amide bonds. The van der Waals surface area contributed by atoms with Gasteiger partial charge in [-0.05, 0) is 48.7 Å². The van der Waals surface area contributed by atoms with Gasteiger partial charge in [0.15, 0.2) is 11.5 Å². The van der Waals surface area contributed by atoms with E-state index in [1.165, 1.54) is 6.08 Å². The topological polar surface area (TPSA) is 84.9 Å². The molecular formula is C23H26N2O5S. The predicted octanol–water partition coefficient (Wildman–Crippen LogP) is 3.67. The number of nitrogens with zero attached hydrogens (tertiary/aromatic N) is 1. The summed E-state index contributed by atoms with van der Waals surface area (Å²) >= 11 is 0. The Kier molecular flexibility index (Phi) is 6.58. The van der Waals surface area contributed by atoms with E-state index in [1.54, 1.807) is 52.8 Å². The zero-order chi connectivity index (χ0) is 21.7. The van der Waals surface area contributed by atoms with Crippen LogP contribution in [0.2, 0.25) is 0 Å². The minimum atomic E-state index is -3.47. The summed E-state index contributed by atoms with van der Waals surface area (Å²) in [4.78, 5) is 12.5. The quantitative estimate of drug-likeness (QED) is 0.714. The lowest BCUT2D eigenvalue weighted by atomic mass is 10.2. The first kappa shape index (κ1) is 21.4. The molecule has 8 heteroatoms. The smallest absolute Gasteiger partial charge is 0.248 e. The Labute approximate surface area is 182 Å². The van der Waals surface area contributed by atoms with Crippen LogP contribution in [0.5, 0.6) is 11.5 Å². The Bertz CT molecular complexity index is 1060. The number of benzene rings is 2. The average Bonchev–Trinajstić information content (AvgIpc) is 3.08. The van der Waals surface area contributed by atoms with Gasteiger partial charge in [0.25, 0.3) is 0 Å². The normalized spacial score (nSPS) is 17.3. The number of carbonyl (C=O) groups excluding carboxylic acids is 1. The van der Waals surface area contributed by atoms with Crippen LogP contribution in [0.15, 0.2) is 53.4 Å². The van der Waals surface area contributed by atoms with Crippen molar-refractivity contribution in [3.8, 4) is 11.5 Å². The molecule has 2 aliphatic heterocycles. The standard InChI is InChI=1S/C23H26N2O5S/c26-23(24-19-8-11-21-22(17-19)30-16-15-29-21)12-7-18-5-9-20(10-6-18)31(27,28)25-13-3-1-2-4-14-25/h5-12,17H,1-4,13-16H2,(H,24,26)/b12-7+. The fourth-order valence-electron chi connectivity index (χ4n) is 3.66. The minimum Gasteiger partial charge on any atom is -0.486 e. The number of ether oxygens (including phenoxy) is 2. The molecule has 2 aromatic rings. The molecule has 0 saturated carbocycles. The van der Waals surface area contributed by atoms with Crippen LogP contribution in [0.4, 0.5) is 5.69 Å². The summed E-state index contributed by atoms with van der Waals surface area (Å²) in [5.74, 6) is 0.974. The van der Waals surface area contributed by atoms with Crippen molar-refractivity contribution in [2.24, 2.45) is 0 Å². The van der Waals surface area contributed by atoms with Gasteiger partial charge < -0.3 is 14.8 Å². The number of sulfonamides is 1. The van der Waals surface area contributed by atoms with Crippen LogP contribution >= 0.6 is 0 Å². The molecule has 1 fully saturated rings. The highest BCUT2D eigenvalue weighted by Crippen LogP contribution is 2.32. The van der Waals surface area contributed by atoms with Gasteiger partial charge in [-0.15, -0.1) is 0 Å². The van der Waals surface area contributed by atoms with Gasteiger partial charge >= 0.3 is 0 Å². The second-order valence-electron chi connectivity index (χ2n) is 7.57. The van der Waals surface area contributed by atoms with Crippen molar-refractivity contribution >= 4 is 27.7 Å². The number of rotatable bonds is 5. The Morgan fingerprint density at radius 2 is 1.58 bits per heavy atom. The second-order valence-corrected chi connectivity index (χ2v) is 9.51. The maximum absolute atomic E-state index is 12.8. The Morgan fingerprint density at radius 1 is 0.903 bits per heavy atom. The lowest BCUT2D eigenvalue weighted by Crippen LogP contribution is -2.31. The molecule has 0 radical (unpaired) electrons. The number of carbonyl (C=O) groups is 1. The van der Waals surface area contributed by atoms with Crippen LogP contribution in [0.3, 0.4) is 0 Å². The zero-order valence-corrected chi connectivity index (χ0v) is 18.1. The minimum absolute atomic E-state index is 0.285. The van der Waals surface area contributed by atoms with E-state index >= 15 is 0 Å². The molecule has 1 N–H and O–H groups in total. The highest BCUT2D eigenvalue weighted by Gasteiger charge is 2.24. The van der Waals surface area contributed by atoms with Gasteiger partial charge in [-0.3, -0.25) is 4.79 Å². The van der Waals surface area contributed by atoms with E-state index in [2.05, 4.69) is 5.32 Å². The summed E-state index contributed by atoms with van der Waals surface area (Å²) in [6, 6.07) is 11.8. The van der Waals surface area contributed by atoms with Crippen LogP contribution in [-0.2, 0) is 14.8 Å². The SMILES string of the molecule is O=C(/C=C/c1ccc(S(=O)(=O)N2CCCCCC2)cc1)Nc1ccc2c(c1)OCCO2. The van der Waals surface area contributed by atoms with Crippen LogP contribution in [-0.4, -0.2) is 44.9 Å². The summed E-state index contributed by atoms with van der Waals surface area (Å²) in [7, 11) is -3.47. The Morgan fingerprint density at radius 3 is 2.29 bits per heavy atom. The number of amides is 1. The van der Waals surface area contributed by atoms with Crippen molar-refractivity contribution in [2.75, 3.05) is 31.6 Å². The lowest BCUT2D eigenvalue weighted by Gasteiger charge is -2.19. The van der Waals surface area contributed by atoms with Crippen LogP contribution in [0.1, 0.15) is 31.2 Å². The second kappa shape index (κ2) is 9.53. The van der Waals surface area contributed by atoms with Crippen molar-refractivity contribution < 1.29 is 22.7 Å². The highest BCUT2D eigenvalue weighted by atomic mass is 32.2. The monoisotopic (exact) mass is 442 g/mol. The third kappa shape index (κ3) is 5.26. The van der Waals surface area contributed by atoms with Crippen LogP contribution in [0, 0.1) is 0 Å². The van der Waals surface area contributed by atoms with Gasteiger partial charge in [0.05, 0.1) is 4.90 Å². The summed E-state index contributed by atoms with van der Waals surface area (Å²) in [6.07, 6.45) is 7.01. The summed E-state index contributed by atoms with van der Waals surface area (Å²) < 4.78 is 38.3. The Balaban J connectivity index is 1.38. The first-order chi connectivity index (χ1) is 15.0. The molecule has 0 aliphatic carbocycles. The molecule has 0 atom stereocenters. The van der Waals surface area contributed by atoms with Gasteiger partial charge in [0.2, 0.25) is 15.9 Å². The van der Waals surface area contributed by atoms with Crippen molar-refractivity contribution in [2.45, 2.75) is 30.6 Å². The fourth-order valence-corrected chi connectivity index (χ4v) is 5.18. The van der Waals surface area contributed by atoms with E-state index in [9.17, 15) is 13.2 Å². The molecule has 0 spiro atoms. The van der Waals surface area contributed by atoms with Crippen molar-refractivity contribution in [3.05, 3.63) is 54.1 Å². The molecule has 2 heterocycles. The molecule has 1 saturated heterocycles. The number of anilines is 1. The number of fused-ring (bicyclic) bond motifs is 1. The maximum Gasteiger partial charge on any atom is 0.248 e. The van der Waals surface area contributed by atoms with Gasteiger partial charge in [0, 0.05) is 30.9 Å². The zero-order valence-electron chi connectivity index (χ0n) is 17.2. The van der Waals surface area contributed by atoms with Gasteiger partial charge in [0.1, 0.15) is 13.2 Å². The van der Waals surface area contributed by atoms with E-state index in [-0.39, 0.29) is 10.8 Å². The molecule has 31 heavy (non-hydrogen) atoms. The predicted molar refractivity (Wildman–Crippen MR) is 119 cm³/mol. The summed E-state index contributed by atoms with van der Waals surface area (Å²) in [6.45, 7) is 2.14. The Hall–Kier alpha value is -2.84. The van der Waals surface area contributed by atoms with E-state index in [1.807, 2.05) is 0 Å². The molecule has 0 unspecified atom stereocenters. The lowest BCUT2D eigenvalue weighted by molar-refractivity contribution is -0.111. The van der Waals surface area contributed by atoms with Crippen molar-refractivity contribution in [1.82, 2.24) is 4.31 Å². The largest absolute Gasteiger partial charge is 0.486 e. The van der Waals surface area contributed by atoms with E-state index < -0.39 is 10.0 Å². The van der Waals surface area contributed by atoms with Crippen molar-refractivity contribution in [3.63, 3.8) is 0 Å². The third-order valence-corrected chi connectivity index (χ3v) is 7.23. The molecule has 164 valence electrons. The molecule has 7 nitrogen and oxygen atoms in total. The summed E-state index contributed by atoms with van der Waals surface area (Å²) in [5, 5.41) is 2.78. The number of hydrogen-bond acceptors (Lipinski definition) is 5. The average molecular weight is 443 g/mol. The number of hydrogen-bond donors (Lipinski definition) is 1. The first-order valence-corrected chi connectivity index (χ1v) is 12.0. The van der Waals surface area contributed by atoms with Crippen molar-refractivity contribution in [1.29, 1.82) is 0 Å². The van der Waals surface area contributed by atoms with Crippen LogP contribution < -0.4 is 14.8 Å². The molecular weight excluding hydrogens is 416 g/mol. The van der Waals surface area contributed by atoms with Gasteiger partial charge in [-0.1, -0.05) is 25.0 Å². The van der Waals surface area contributed by atoms with E-state index in [0.717, 1.165) is 31.2 Å². The molecule has 4 rings (SSSR count). The molecule has 0 bridgehead atoms. The molecule has 2 aromatic carbocycles. The third-order valence-electron chi connectivity index (χ3n) is 5.32. The molecule has 0 aromatic heterocycles. The first-order valence-electron chi connectivity index (χ1n) is 10.5.